The van der Waals surface area contributed by atoms with Crippen molar-refractivity contribution in [3.05, 3.63) is 12.2 Å². The lowest BCUT2D eigenvalue weighted by Crippen LogP contribution is -2.43. The van der Waals surface area contributed by atoms with Crippen molar-refractivity contribution < 1.29 is 23.9 Å². The van der Waals surface area contributed by atoms with Crippen molar-refractivity contribution in [3.8, 4) is 0 Å². The molecule has 0 saturated carbocycles. The van der Waals surface area contributed by atoms with Gasteiger partial charge < -0.3 is 14.3 Å². The Morgan fingerprint density at radius 3 is 1.82 bits per heavy atom. The van der Waals surface area contributed by atoms with Crippen LogP contribution in [0.3, 0.4) is 0 Å². The van der Waals surface area contributed by atoms with Crippen LogP contribution in [-0.2, 0) is 19.1 Å². The molecule has 0 unspecified atom stereocenters. The fourth-order valence-corrected chi connectivity index (χ4v) is 4.52. The summed E-state index contributed by atoms with van der Waals surface area (Å²) in [6, 6.07) is 0. The van der Waals surface area contributed by atoms with Crippen LogP contribution in [0.2, 0.25) is 0 Å². The predicted octanol–water partition coefficient (Wildman–Crippen LogP) is 10.6. The molecule has 0 radical (unpaired) electrons. The van der Waals surface area contributed by atoms with Gasteiger partial charge in [0.05, 0.1) is 5.92 Å². The largest absolute Gasteiger partial charge is 0.531 e. The zero-order chi connectivity index (χ0) is 30.5. The Balaban J connectivity index is 4.48. The van der Waals surface area contributed by atoms with Crippen LogP contribution in [0, 0.1) is 11.3 Å². The molecular weight excluding hydrogens is 502 g/mol. The molecule has 0 bridgehead atoms. The average molecular weight is 568 g/mol. The van der Waals surface area contributed by atoms with E-state index in [-0.39, 0.29) is 22.8 Å². The molecule has 0 spiro atoms. The Morgan fingerprint density at radius 1 is 0.725 bits per heavy atom. The van der Waals surface area contributed by atoms with Crippen molar-refractivity contribution in [3.63, 3.8) is 0 Å². The fraction of sp³-hybridized carbons (Fsp3) is 0.882. The van der Waals surface area contributed by atoms with Crippen molar-refractivity contribution in [1.29, 1.82) is 0 Å². The van der Waals surface area contributed by atoms with Crippen LogP contribution in [0.15, 0.2) is 12.2 Å². The Labute approximate surface area is 247 Å². The van der Waals surface area contributed by atoms with Gasteiger partial charge in [-0.25, -0.2) is 4.79 Å². The summed E-state index contributed by atoms with van der Waals surface area (Å²) in [5.41, 5.74) is 2.75. The summed E-state index contributed by atoms with van der Waals surface area (Å²) >= 11 is 0. The van der Waals surface area contributed by atoms with E-state index in [0.29, 0.717) is 0 Å². The summed E-state index contributed by atoms with van der Waals surface area (Å²) in [5.74, 6) is -1.85. The quantitative estimate of drug-likeness (QED) is 0.0411. The van der Waals surface area contributed by atoms with Gasteiger partial charge in [0.15, 0.2) is 0 Å². The summed E-state index contributed by atoms with van der Waals surface area (Å²) in [6.07, 6.45) is 22.0. The van der Waals surface area contributed by atoms with E-state index in [0.717, 1.165) is 83.5 Å². The molecule has 0 aliphatic carbocycles. The van der Waals surface area contributed by atoms with Gasteiger partial charge in [0.1, 0.15) is 0 Å². The van der Waals surface area contributed by atoms with Crippen LogP contribution in [0.1, 0.15) is 171 Å². The smallest absolute Gasteiger partial charge is 0.423 e. The average Bonchev–Trinajstić information content (AvgIpc) is 2.87. The molecule has 6 nitrogen and oxygen atoms in total. The van der Waals surface area contributed by atoms with E-state index in [1.807, 2.05) is 13.8 Å². The first-order chi connectivity index (χ1) is 18.8. The first-order valence-electron chi connectivity index (χ1n) is 16.3. The molecule has 0 heterocycles. The maximum atomic E-state index is 13.0. The molecule has 0 aromatic heterocycles. The first-order valence-corrected chi connectivity index (χ1v) is 16.3. The molecule has 6 heteroatoms. The fourth-order valence-electron chi connectivity index (χ4n) is 4.52. The summed E-state index contributed by atoms with van der Waals surface area (Å²) in [6.45, 7) is 18.3. The molecule has 1 N–H and O–H groups in total. The molecule has 0 fully saturated rings. The molecular formula is C34H65NO5. The minimum atomic E-state index is -1.40. The van der Waals surface area contributed by atoms with Crippen molar-refractivity contribution >= 4 is 12.1 Å². The van der Waals surface area contributed by atoms with Crippen LogP contribution >= 0.6 is 0 Å². The van der Waals surface area contributed by atoms with Gasteiger partial charge in [0.25, 0.3) is 5.79 Å². The number of unbranched alkanes of at least 4 members (excludes halogenated alkanes) is 10. The van der Waals surface area contributed by atoms with E-state index in [4.69, 9.17) is 14.3 Å². The Morgan fingerprint density at radius 2 is 1.27 bits per heavy atom. The van der Waals surface area contributed by atoms with Crippen molar-refractivity contribution in [2.75, 3.05) is 0 Å². The highest BCUT2D eigenvalue weighted by Gasteiger charge is 2.32. The van der Waals surface area contributed by atoms with E-state index in [9.17, 15) is 9.59 Å². The van der Waals surface area contributed by atoms with Crippen LogP contribution < -0.4 is 5.48 Å². The standard InChI is InChI=1S/C34H65NO5/c1-10-13-15-21-25-29(26-22-16-14-11-2)30(36)38-34(8,9)39-31(37)40-35-33(6,7)28-24-20-18-17-19-23-27-32(4,5)12-3/h23,27,29,35H,10-22,24-26,28H2,1-9H3/b27-23+. The summed E-state index contributed by atoms with van der Waals surface area (Å²) in [5, 5.41) is 0. The van der Waals surface area contributed by atoms with Gasteiger partial charge in [0, 0.05) is 19.4 Å². The molecule has 0 aliphatic heterocycles. The number of hydrogen-bond donors (Lipinski definition) is 1. The first kappa shape index (κ1) is 38.4. The summed E-state index contributed by atoms with van der Waals surface area (Å²) in [4.78, 5) is 30.6. The van der Waals surface area contributed by atoms with E-state index < -0.39 is 11.9 Å². The van der Waals surface area contributed by atoms with Crippen molar-refractivity contribution in [1.82, 2.24) is 5.48 Å². The van der Waals surface area contributed by atoms with E-state index in [1.54, 1.807) is 13.8 Å². The second kappa shape index (κ2) is 21.2. The third-order valence-corrected chi connectivity index (χ3v) is 7.63. The van der Waals surface area contributed by atoms with Gasteiger partial charge in [0.2, 0.25) is 0 Å². The van der Waals surface area contributed by atoms with Crippen molar-refractivity contribution in [2.45, 2.75) is 183 Å². The van der Waals surface area contributed by atoms with E-state index >= 15 is 0 Å². The normalized spacial score (nSPS) is 12.8. The van der Waals surface area contributed by atoms with Crippen LogP contribution in [-0.4, -0.2) is 23.5 Å². The van der Waals surface area contributed by atoms with Gasteiger partial charge in [-0.1, -0.05) is 117 Å². The third kappa shape index (κ3) is 21.2. The minimum Gasteiger partial charge on any atom is -0.423 e. The molecule has 0 rings (SSSR count). The summed E-state index contributed by atoms with van der Waals surface area (Å²) in [7, 11) is 0. The monoisotopic (exact) mass is 567 g/mol. The van der Waals surface area contributed by atoms with Gasteiger partial charge in [-0.3, -0.25) is 4.79 Å². The zero-order valence-electron chi connectivity index (χ0n) is 27.8. The van der Waals surface area contributed by atoms with Gasteiger partial charge in [-0.2, -0.15) is 0 Å². The summed E-state index contributed by atoms with van der Waals surface area (Å²) < 4.78 is 11.0. The maximum Gasteiger partial charge on any atom is 0.531 e. The number of esters is 1. The molecule has 0 aromatic carbocycles. The highest BCUT2D eigenvalue weighted by Crippen LogP contribution is 2.24. The predicted molar refractivity (Wildman–Crippen MR) is 167 cm³/mol. The van der Waals surface area contributed by atoms with Gasteiger partial charge >= 0.3 is 12.1 Å². The van der Waals surface area contributed by atoms with E-state index in [2.05, 4.69) is 52.3 Å². The number of allylic oxidation sites excluding steroid dienone is 2. The number of nitrogens with one attached hydrogen (secondary N) is 1. The van der Waals surface area contributed by atoms with Gasteiger partial charge in [-0.15, -0.1) is 5.48 Å². The number of hydrogen-bond acceptors (Lipinski definition) is 6. The molecule has 236 valence electrons. The Hall–Kier alpha value is -1.56. The van der Waals surface area contributed by atoms with Crippen LogP contribution in [0.5, 0.6) is 0 Å². The Bertz CT molecular complexity index is 686. The molecule has 0 aromatic rings. The molecule has 0 saturated heterocycles. The third-order valence-electron chi connectivity index (χ3n) is 7.63. The lowest BCUT2D eigenvalue weighted by atomic mass is 9.89. The highest BCUT2D eigenvalue weighted by atomic mass is 16.9. The van der Waals surface area contributed by atoms with Gasteiger partial charge in [-0.05, 0) is 57.8 Å². The Kier molecular flexibility index (Phi) is 20.4. The maximum absolute atomic E-state index is 13.0. The number of ether oxygens (including phenoxy) is 2. The molecule has 0 amide bonds. The topological polar surface area (TPSA) is 73.9 Å². The second-order valence-corrected chi connectivity index (χ2v) is 13.4. The number of hydroxylamine groups is 1. The lowest BCUT2D eigenvalue weighted by Gasteiger charge is -2.29. The second-order valence-electron chi connectivity index (χ2n) is 13.4. The van der Waals surface area contributed by atoms with E-state index in [1.165, 1.54) is 25.7 Å². The molecule has 0 atom stereocenters. The number of rotatable bonds is 24. The van der Waals surface area contributed by atoms with Crippen molar-refractivity contribution in [2.24, 2.45) is 11.3 Å². The minimum absolute atomic E-state index is 0.163. The molecule has 40 heavy (non-hydrogen) atoms. The molecule has 0 aliphatic rings. The SMILES string of the molecule is CCCCCCC(CCCCCC)C(=O)OC(C)(C)OC(=O)ONC(C)(C)CCCCCC/C=C/C(C)(C)CC. The van der Waals surface area contributed by atoms with Crippen LogP contribution in [0.25, 0.3) is 0 Å². The zero-order valence-corrected chi connectivity index (χ0v) is 27.8. The lowest BCUT2D eigenvalue weighted by molar-refractivity contribution is -0.208. The number of carbonyl (C=O) groups excluding carboxylic acids is 2. The highest BCUT2D eigenvalue weighted by molar-refractivity contribution is 5.73. The number of carbonyl (C=O) groups is 2. The van der Waals surface area contributed by atoms with Crippen LogP contribution in [0.4, 0.5) is 4.79 Å².